The summed E-state index contributed by atoms with van der Waals surface area (Å²) in [5, 5.41) is 10.5. The number of carbonyl (C=O) groups is 2. The van der Waals surface area contributed by atoms with Gasteiger partial charge in [-0.2, -0.15) is 5.26 Å². The molecule has 0 aromatic heterocycles. The van der Waals surface area contributed by atoms with Crippen LogP contribution in [0.3, 0.4) is 0 Å². The standard InChI is InChI=1S/C26H26N2O3/c1-25(2,3)23(29)22-21(18-11-6-5-7-12-18)26(16-27,24(30)31-4)20-15-14-17-10-8-9-13-19(17)28(20)22/h5-15,20-22H,1-4H3/t20-,21-,22+,26-/m0/s1. The Morgan fingerprint density at radius 1 is 1.06 bits per heavy atom. The van der Waals surface area contributed by atoms with Gasteiger partial charge in [0, 0.05) is 17.0 Å². The summed E-state index contributed by atoms with van der Waals surface area (Å²) >= 11 is 0. The highest BCUT2D eigenvalue weighted by Gasteiger charge is 2.67. The van der Waals surface area contributed by atoms with Gasteiger partial charge in [0.25, 0.3) is 0 Å². The SMILES string of the molecule is COC(=O)[C@@]1(C#N)[C@@H]2C=Cc3ccccc3N2[C@@H](C(=O)C(C)(C)C)[C@@H]1c1ccccc1. The number of nitriles is 1. The molecule has 1 saturated heterocycles. The fourth-order valence-corrected chi connectivity index (χ4v) is 5.01. The molecule has 2 aromatic carbocycles. The van der Waals surface area contributed by atoms with Gasteiger partial charge < -0.3 is 9.64 Å². The van der Waals surface area contributed by atoms with Crippen molar-refractivity contribution in [3.63, 3.8) is 0 Å². The van der Waals surface area contributed by atoms with Crippen LogP contribution in [0.4, 0.5) is 5.69 Å². The number of carbonyl (C=O) groups excluding carboxylic acids is 2. The zero-order chi connectivity index (χ0) is 22.4. The summed E-state index contributed by atoms with van der Waals surface area (Å²) in [5.41, 5.74) is 0.346. The molecule has 2 aliphatic rings. The molecular formula is C26H26N2O3. The van der Waals surface area contributed by atoms with Crippen LogP contribution < -0.4 is 4.90 Å². The first kappa shape index (κ1) is 20.9. The van der Waals surface area contributed by atoms with Crippen LogP contribution in [0.25, 0.3) is 6.08 Å². The maximum Gasteiger partial charge on any atom is 0.329 e. The van der Waals surface area contributed by atoms with Gasteiger partial charge in [0.15, 0.2) is 11.2 Å². The molecule has 0 saturated carbocycles. The number of hydrogen-bond acceptors (Lipinski definition) is 5. The second-order valence-electron chi connectivity index (χ2n) is 9.19. The van der Waals surface area contributed by atoms with Crippen molar-refractivity contribution in [2.45, 2.75) is 38.8 Å². The van der Waals surface area contributed by atoms with Crippen LogP contribution in [-0.2, 0) is 14.3 Å². The van der Waals surface area contributed by atoms with E-state index in [1.807, 2.05) is 92.4 Å². The van der Waals surface area contributed by atoms with Crippen LogP contribution in [0.2, 0.25) is 0 Å². The van der Waals surface area contributed by atoms with Gasteiger partial charge >= 0.3 is 5.97 Å². The van der Waals surface area contributed by atoms with Crippen LogP contribution in [0.5, 0.6) is 0 Å². The number of hydrogen-bond donors (Lipinski definition) is 0. The number of fused-ring (bicyclic) bond motifs is 3. The highest BCUT2D eigenvalue weighted by atomic mass is 16.5. The first-order chi connectivity index (χ1) is 14.8. The van der Waals surface area contributed by atoms with Crippen LogP contribution in [-0.4, -0.2) is 30.9 Å². The van der Waals surface area contributed by atoms with E-state index in [4.69, 9.17) is 4.74 Å². The summed E-state index contributed by atoms with van der Waals surface area (Å²) in [6, 6.07) is 18.2. The first-order valence-corrected chi connectivity index (χ1v) is 10.4. The third-order valence-corrected chi connectivity index (χ3v) is 6.42. The van der Waals surface area contributed by atoms with Crippen LogP contribution in [0.15, 0.2) is 60.7 Å². The van der Waals surface area contributed by atoms with E-state index in [9.17, 15) is 14.9 Å². The molecule has 1 fully saturated rings. The van der Waals surface area contributed by atoms with Crippen LogP contribution >= 0.6 is 0 Å². The molecule has 0 bridgehead atoms. The van der Waals surface area contributed by atoms with Crippen molar-refractivity contribution in [3.05, 3.63) is 71.8 Å². The molecule has 0 N–H and O–H groups in total. The number of para-hydroxylation sites is 1. The Bertz CT molecular complexity index is 1090. The van der Waals surface area contributed by atoms with Crippen molar-refractivity contribution in [3.8, 4) is 6.07 Å². The Morgan fingerprint density at radius 3 is 2.32 bits per heavy atom. The molecule has 2 heterocycles. The third-order valence-electron chi connectivity index (χ3n) is 6.42. The number of Topliss-reactive ketones (excluding diaryl/α,β-unsaturated/α-hetero) is 1. The number of esters is 1. The molecule has 0 aliphatic carbocycles. The summed E-state index contributed by atoms with van der Waals surface area (Å²) in [6.45, 7) is 5.63. The average molecular weight is 415 g/mol. The number of anilines is 1. The lowest BCUT2D eigenvalue weighted by Crippen LogP contribution is -2.48. The van der Waals surface area contributed by atoms with E-state index in [1.165, 1.54) is 7.11 Å². The zero-order valence-electron chi connectivity index (χ0n) is 18.2. The lowest BCUT2D eigenvalue weighted by atomic mass is 9.67. The minimum absolute atomic E-state index is 0.0162. The summed E-state index contributed by atoms with van der Waals surface area (Å²) in [6.07, 6.45) is 3.80. The Balaban J connectivity index is 2.06. The predicted molar refractivity (Wildman–Crippen MR) is 119 cm³/mol. The van der Waals surface area contributed by atoms with Gasteiger partial charge in [-0.05, 0) is 17.2 Å². The number of rotatable bonds is 3. The van der Waals surface area contributed by atoms with E-state index in [2.05, 4.69) is 6.07 Å². The fraction of sp³-hybridized carbons (Fsp3) is 0.346. The van der Waals surface area contributed by atoms with Crippen LogP contribution in [0, 0.1) is 22.2 Å². The van der Waals surface area contributed by atoms with Crippen molar-refractivity contribution in [2.24, 2.45) is 10.8 Å². The predicted octanol–water partition coefficient (Wildman–Crippen LogP) is 4.35. The molecule has 2 aliphatic heterocycles. The van der Waals surface area contributed by atoms with E-state index >= 15 is 0 Å². The summed E-state index contributed by atoms with van der Waals surface area (Å²) in [4.78, 5) is 29.2. The summed E-state index contributed by atoms with van der Waals surface area (Å²) in [7, 11) is 1.30. The van der Waals surface area contributed by atoms with E-state index in [-0.39, 0.29) is 5.78 Å². The first-order valence-electron chi connectivity index (χ1n) is 10.4. The third kappa shape index (κ3) is 2.97. The molecule has 4 atom stereocenters. The van der Waals surface area contributed by atoms with E-state index in [0.717, 1.165) is 16.8 Å². The van der Waals surface area contributed by atoms with Crippen molar-refractivity contribution in [1.29, 1.82) is 5.26 Å². The molecule has 4 rings (SSSR count). The van der Waals surface area contributed by atoms with Crippen molar-refractivity contribution < 1.29 is 14.3 Å². The Kier molecular flexibility index (Phi) is 4.97. The van der Waals surface area contributed by atoms with Crippen molar-refractivity contribution >= 4 is 23.5 Å². The second-order valence-corrected chi connectivity index (χ2v) is 9.19. The largest absolute Gasteiger partial charge is 0.468 e. The molecule has 5 heteroatoms. The maximum atomic E-state index is 13.9. The number of ether oxygens (including phenoxy) is 1. The summed E-state index contributed by atoms with van der Waals surface area (Å²) < 4.78 is 5.20. The van der Waals surface area contributed by atoms with Gasteiger partial charge in [0.1, 0.15) is 0 Å². The lowest BCUT2D eigenvalue weighted by molar-refractivity contribution is -0.150. The quantitative estimate of drug-likeness (QED) is 0.698. The fourth-order valence-electron chi connectivity index (χ4n) is 5.01. The normalized spacial score (nSPS) is 26.5. The van der Waals surface area contributed by atoms with E-state index in [1.54, 1.807) is 0 Å². The van der Waals surface area contributed by atoms with Gasteiger partial charge in [0.2, 0.25) is 0 Å². The number of nitrogens with zero attached hydrogens (tertiary/aromatic N) is 2. The van der Waals surface area contributed by atoms with E-state index in [0.29, 0.717) is 0 Å². The van der Waals surface area contributed by atoms with Gasteiger partial charge in [-0.1, -0.05) is 81.5 Å². The molecule has 5 nitrogen and oxygen atoms in total. The van der Waals surface area contributed by atoms with Gasteiger partial charge in [-0.25, -0.2) is 0 Å². The topological polar surface area (TPSA) is 70.4 Å². The Morgan fingerprint density at radius 2 is 1.71 bits per heavy atom. The minimum atomic E-state index is -1.56. The zero-order valence-corrected chi connectivity index (χ0v) is 18.2. The smallest absolute Gasteiger partial charge is 0.329 e. The summed E-state index contributed by atoms with van der Waals surface area (Å²) in [5.74, 6) is -1.32. The molecule has 0 spiro atoms. The highest BCUT2D eigenvalue weighted by molar-refractivity contribution is 5.99. The monoisotopic (exact) mass is 414 g/mol. The number of ketones is 1. The van der Waals surface area contributed by atoms with Gasteiger partial charge in [0.05, 0.1) is 25.3 Å². The van der Waals surface area contributed by atoms with E-state index < -0.39 is 34.8 Å². The van der Waals surface area contributed by atoms with Crippen molar-refractivity contribution in [2.75, 3.05) is 12.0 Å². The van der Waals surface area contributed by atoms with Crippen molar-refractivity contribution in [1.82, 2.24) is 0 Å². The molecule has 0 amide bonds. The Hall–Kier alpha value is -3.39. The average Bonchev–Trinajstić information content (AvgIpc) is 3.09. The molecule has 158 valence electrons. The minimum Gasteiger partial charge on any atom is -0.468 e. The Labute approximate surface area is 182 Å². The molecule has 2 aromatic rings. The second kappa shape index (κ2) is 7.39. The lowest BCUT2D eigenvalue weighted by Gasteiger charge is -2.37. The highest BCUT2D eigenvalue weighted by Crippen LogP contribution is 2.56. The molecular weight excluding hydrogens is 388 g/mol. The van der Waals surface area contributed by atoms with Gasteiger partial charge in [-0.15, -0.1) is 0 Å². The van der Waals surface area contributed by atoms with Crippen LogP contribution in [0.1, 0.15) is 37.8 Å². The number of benzene rings is 2. The molecule has 0 radical (unpaired) electrons. The molecule has 31 heavy (non-hydrogen) atoms. The number of methoxy groups -OCH3 is 1. The van der Waals surface area contributed by atoms with Gasteiger partial charge in [-0.3, -0.25) is 9.59 Å². The molecule has 0 unspecified atom stereocenters. The maximum absolute atomic E-state index is 13.9.